The van der Waals surface area contributed by atoms with Gasteiger partial charge in [0, 0.05) is 31.5 Å². The molecule has 0 aliphatic carbocycles. The molecule has 1 aromatic carbocycles. The second-order valence-corrected chi connectivity index (χ2v) is 6.07. The Hall–Kier alpha value is -2.63. The molecule has 2 heterocycles. The van der Waals surface area contributed by atoms with E-state index in [1.807, 2.05) is 30.3 Å². The van der Waals surface area contributed by atoms with Crippen LogP contribution >= 0.6 is 0 Å². The minimum absolute atomic E-state index is 0.0635. The average Bonchev–Trinajstić information content (AvgIpc) is 3.25. The number of hydrogen-bond donors (Lipinski definition) is 1. The lowest BCUT2D eigenvalue weighted by Crippen LogP contribution is -2.31. The number of oxazole rings is 1. The smallest absolute Gasteiger partial charge is 0.222 e. The molecule has 0 spiro atoms. The fourth-order valence-electron chi connectivity index (χ4n) is 2.93. The third-order valence-electron chi connectivity index (χ3n) is 4.34. The van der Waals surface area contributed by atoms with Gasteiger partial charge in [-0.15, -0.1) is 0 Å². The van der Waals surface area contributed by atoms with Gasteiger partial charge in [-0.3, -0.25) is 9.59 Å². The molecule has 0 bridgehead atoms. The summed E-state index contributed by atoms with van der Waals surface area (Å²) in [5, 5.41) is 0. The van der Waals surface area contributed by atoms with E-state index in [0.29, 0.717) is 44.7 Å². The molecule has 3 rings (SSSR count). The number of likely N-dealkylation sites (tertiary alicyclic amines) is 1. The van der Waals surface area contributed by atoms with Gasteiger partial charge in [0.15, 0.2) is 11.7 Å². The van der Waals surface area contributed by atoms with Crippen molar-refractivity contribution >= 4 is 11.8 Å². The number of primary amides is 1. The first-order valence-electron chi connectivity index (χ1n) is 8.20. The number of carbonyl (C=O) groups excluding carboxylic acids is 2. The number of nitrogens with two attached hydrogens (primary N) is 1. The molecule has 0 saturated carbocycles. The van der Waals surface area contributed by atoms with E-state index in [-0.39, 0.29) is 17.7 Å². The van der Waals surface area contributed by atoms with Gasteiger partial charge in [0.1, 0.15) is 0 Å². The second-order valence-electron chi connectivity index (χ2n) is 6.07. The van der Waals surface area contributed by atoms with E-state index in [0.717, 1.165) is 11.3 Å². The van der Waals surface area contributed by atoms with Crippen LogP contribution in [-0.4, -0.2) is 34.8 Å². The molecular formula is C18H21N3O3. The molecule has 0 radical (unpaired) electrons. The van der Waals surface area contributed by atoms with Gasteiger partial charge >= 0.3 is 0 Å². The maximum atomic E-state index is 12.2. The Kier molecular flexibility index (Phi) is 4.93. The number of aromatic nitrogens is 1. The highest BCUT2D eigenvalue weighted by Gasteiger charge is 2.29. The molecule has 6 nitrogen and oxygen atoms in total. The van der Waals surface area contributed by atoms with Gasteiger partial charge in [-0.05, 0) is 12.8 Å². The van der Waals surface area contributed by atoms with E-state index in [2.05, 4.69) is 4.98 Å². The highest BCUT2D eigenvalue weighted by molar-refractivity contribution is 5.81. The van der Waals surface area contributed by atoms with Crippen LogP contribution in [0.5, 0.6) is 0 Å². The Morgan fingerprint density at radius 2 is 2.08 bits per heavy atom. The molecule has 2 aromatic rings. The van der Waals surface area contributed by atoms with Crippen LogP contribution in [0, 0.1) is 5.92 Å². The van der Waals surface area contributed by atoms with Crippen molar-refractivity contribution in [2.75, 3.05) is 13.1 Å². The molecule has 24 heavy (non-hydrogen) atoms. The van der Waals surface area contributed by atoms with Crippen molar-refractivity contribution in [3.05, 3.63) is 42.4 Å². The lowest BCUT2D eigenvalue weighted by molar-refractivity contribution is -0.130. The van der Waals surface area contributed by atoms with Crippen LogP contribution in [0.15, 0.2) is 40.9 Å². The Bertz CT molecular complexity index is 711. The number of hydrogen-bond acceptors (Lipinski definition) is 4. The maximum Gasteiger partial charge on any atom is 0.222 e. The van der Waals surface area contributed by atoms with Crippen molar-refractivity contribution < 1.29 is 14.0 Å². The second kappa shape index (κ2) is 7.29. The molecule has 1 fully saturated rings. The van der Waals surface area contributed by atoms with Crippen molar-refractivity contribution in [1.29, 1.82) is 0 Å². The first-order valence-corrected chi connectivity index (χ1v) is 8.20. The van der Waals surface area contributed by atoms with E-state index < -0.39 is 0 Å². The zero-order valence-electron chi connectivity index (χ0n) is 13.5. The standard InChI is InChI=1S/C18H21N3O3/c19-18(23)14-9-10-21(12-14)17(22)8-4-7-16-20-11-15(24-16)13-5-2-1-3-6-13/h1-3,5-6,11,14H,4,7-10,12H2,(H2,19,23)/t14-/m1/s1. The number of nitrogens with zero attached hydrogens (tertiary/aromatic N) is 2. The summed E-state index contributed by atoms with van der Waals surface area (Å²) >= 11 is 0. The van der Waals surface area contributed by atoms with Gasteiger partial charge < -0.3 is 15.1 Å². The summed E-state index contributed by atoms with van der Waals surface area (Å²) in [6, 6.07) is 9.79. The molecule has 1 aliphatic rings. The number of carbonyl (C=O) groups is 2. The van der Waals surface area contributed by atoms with Crippen LogP contribution in [0.3, 0.4) is 0 Å². The summed E-state index contributed by atoms with van der Waals surface area (Å²) in [7, 11) is 0. The average molecular weight is 327 g/mol. The van der Waals surface area contributed by atoms with E-state index in [4.69, 9.17) is 10.2 Å². The SMILES string of the molecule is NC(=O)[C@@H]1CCN(C(=O)CCCc2ncc(-c3ccccc3)o2)C1. The zero-order valence-corrected chi connectivity index (χ0v) is 13.5. The van der Waals surface area contributed by atoms with Gasteiger partial charge in [0.25, 0.3) is 0 Å². The summed E-state index contributed by atoms with van der Waals surface area (Å²) in [5.74, 6) is 0.917. The summed E-state index contributed by atoms with van der Waals surface area (Å²) in [6.45, 7) is 1.06. The summed E-state index contributed by atoms with van der Waals surface area (Å²) in [5.41, 5.74) is 6.28. The minimum atomic E-state index is -0.321. The number of aryl methyl sites for hydroxylation is 1. The normalized spacial score (nSPS) is 17.2. The minimum Gasteiger partial charge on any atom is -0.441 e. The lowest BCUT2D eigenvalue weighted by atomic mass is 10.1. The van der Waals surface area contributed by atoms with E-state index in [9.17, 15) is 9.59 Å². The first kappa shape index (κ1) is 16.2. The van der Waals surface area contributed by atoms with Crippen molar-refractivity contribution in [2.45, 2.75) is 25.7 Å². The Morgan fingerprint density at radius 3 is 2.79 bits per heavy atom. The molecule has 126 valence electrons. The fourth-order valence-corrected chi connectivity index (χ4v) is 2.93. The van der Waals surface area contributed by atoms with Gasteiger partial charge in [-0.25, -0.2) is 4.98 Å². The molecule has 2 amide bonds. The topological polar surface area (TPSA) is 89.4 Å². The third kappa shape index (κ3) is 3.82. The van der Waals surface area contributed by atoms with Crippen LogP contribution in [0.2, 0.25) is 0 Å². The Morgan fingerprint density at radius 1 is 1.29 bits per heavy atom. The lowest BCUT2D eigenvalue weighted by Gasteiger charge is -2.15. The molecule has 1 aliphatic heterocycles. The summed E-state index contributed by atoms with van der Waals surface area (Å²) in [4.78, 5) is 29.3. The molecule has 2 N–H and O–H groups in total. The molecule has 1 saturated heterocycles. The van der Waals surface area contributed by atoms with Crippen molar-refractivity contribution in [3.63, 3.8) is 0 Å². The van der Waals surface area contributed by atoms with E-state index >= 15 is 0 Å². The quantitative estimate of drug-likeness (QED) is 0.878. The van der Waals surface area contributed by atoms with Gasteiger partial charge in [-0.1, -0.05) is 30.3 Å². The first-order chi connectivity index (χ1) is 11.6. The van der Waals surface area contributed by atoms with Gasteiger partial charge in [0.05, 0.1) is 12.1 Å². The van der Waals surface area contributed by atoms with Gasteiger partial charge in [-0.2, -0.15) is 0 Å². The fraction of sp³-hybridized carbons (Fsp3) is 0.389. The van der Waals surface area contributed by atoms with E-state index in [1.54, 1.807) is 11.1 Å². The number of benzene rings is 1. The predicted octanol–water partition coefficient (Wildman–Crippen LogP) is 2.00. The highest BCUT2D eigenvalue weighted by atomic mass is 16.4. The number of rotatable bonds is 6. The van der Waals surface area contributed by atoms with E-state index in [1.165, 1.54) is 0 Å². The predicted molar refractivity (Wildman–Crippen MR) is 88.8 cm³/mol. The van der Waals surface area contributed by atoms with Crippen molar-refractivity contribution in [2.24, 2.45) is 11.7 Å². The molecule has 1 aromatic heterocycles. The summed E-state index contributed by atoms with van der Waals surface area (Å²) in [6.07, 6.45) is 4.09. The van der Waals surface area contributed by atoms with Crippen LogP contribution in [0.4, 0.5) is 0 Å². The molecule has 1 atom stereocenters. The largest absolute Gasteiger partial charge is 0.441 e. The molecule has 0 unspecified atom stereocenters. The summed E-state index contributed by atoms with van der Waals surface area (Å²) < 4.78 is 5.73. The highest BCUT2D eigenvalue weighted by Crippen LogP contribution is 2.21. The van der Waals surface area contributed by atoms with Crippen LogP contribution in [0.25, 0.3) is 11.3 Å². The molecule has 6 heteroatoms. The van der Waals surface area contributed by atoms with Crippen LogP contribution in [0.1, 0.15) is 25.2 Å². The maximum absolute atomic E-state index is 12.2. The third-order valence-corrected chi connectivity index (χ3v) is 4.34. The number of amides is 2. The monoisotopic (exact) mass is 327 g/mol. The molecular weight excluding hydrogens is 306 g/mol. The van der Waals surface area contributed by atoms with Crippen LogP contribution < -0.4 is 5.73 Å². The van der Waals surface area contributed by atoms with Crippen molar-refractivity contribution in [3.8, 4) is 11.3 Å². The Labute approximate surface area is 140 Å². The van der Waals surface area contributed by atoms with Gasteiger partial charge in [0.2, 0.25) is 11.8 Å². The van der Waals surface area contributed by atoms with Crippen LogP contribution in [-0.2, 0) is 16.0 Å². The zero-order chi connectivity index (χ0) is 16.9. The van der Waals surface area contributed by atoms with Crippen molar-refractivity contribution in [1.82, 2.24) is 9.88 Å². The Balaban J connectivity index is 1.46.